The lowest BCUT2D eigenvalue weighted by molar-refractivity contribution is 0.241. The zero-order valence-corrected chi connectivity index (χ0v) is 11.8. The van der Waals surface area contributed by atoms with E-state index in [9.17, 15) is 0 Å². The van der Waals surface area contributed by atoms with E-state index in [1.807, 2.05) is 6.20 Å². The molecule has 0 aliphatic heterocycles. The Kier molecular flexibility index (Phi) is 3.71. The zero-order chi connectivity index (χ0) is 13.2. The summed E-state index contributed by atoms with van der Waals surface area (Å²) < 4.78 is 2.11. The van der Waals surface area contributed by atoms with Crippen molar-refractivity contribution < 1.29 is 0 Å². The molecule has 0 amide bonds. The van der Waals surface area contributed by atoms with Gasteiger partial charge in [-0.05, 0) is 18.0 Å². The highest BCUT2D eigenvalue weighted by Crippen LogP contribution is 2.22. The molecule has 2 aromatic rings. The number of benzene rings is 1. The van der Waals surface area contributed by atoms with Crippen LogP contribution in [0.15, 0.2) is 30.5 Å². The normalized spacial score (nSPS) is 14.0. The van der Waals surface area contributed by atoms with Gasteiger partial charge in [0, 0.05) is 11.4 Å². The van der Waals surface area contributed by atoms with Gasteiger partial charge in [-0.1, -0.05) is 45.9 Å². The van der Waals surface area contributed by atoms with Gasteiger partial charge in [-0.3, -0.25) is 4.68 Å². The van der Waals surface area contributed by atoms with Crippen molar-refractivity contribution in [1.29, 1.82) is 0 Å². The maximum atomic E-state index is 4.51. The number of hydrogen-bond donors (Lipinski definition) is 1. The first-order valence-corrected chi connectivity index (χ1v) is 6.66. The molecule has 1 aromatic heterocycles. The van der Waals surface area contributed by atoms with E-state index in [4.69, 9.17) is 0 Å². The average Bonchev–Trinajstić information content (AvgIpc) is 2.71. The minimum absolute atomic E-state index is 0.225. The second kappa shape index (κ2) is 5.11. The summed E-state index contributed by atoms with van der Waals surface area (Å²) in [4.78, 5) is 0. The Balaban J connectivity index is 2.26. The van der Waals surface area contributed by atoms with E-state index < -0.39 is 0 Å². The molecule has 18 heavy (non-hydrogen) atoms. The minimum atomic E-state index is 0.225. The van der Waals surface area contributed by atoms with Crippen LogP contribution in [0.3, 0.4) is 0 Å². The molecule has 3 nitrogen and oxygen atoms in total. The fraction of sp³-hybridized carbons (Fsp3) is 0.533. The third-order valence-corrected chi connectivity index (χ3v) is 3.40. The fourth-order valence-electron chi connectivity index (χ4n) is 2.24. The molecule has 0 aliphatic rings. The van der Waals surface area contributed by atoms with Crippen molar-refractivity contribution in [2.24, 2.45) is 5.41 Å². The fourth-order valence-corrected chi connectivity index (χ4v) is 2.24. The third kappa shape index (κ3) is 2.72. The van der Waals surface area contributed by atoms with Crippen molar-refractivity contribution in [3.8, 4) is 0 Å². The smallest absolute Gasteiger partial charge is 0.0683 e. The van der Waals surface area contributed by atoms with Crippen LogP contribution in [0.4, 0.5) is 0 Å². The summed E-state index contributed by atoms with van der Waals surface area (Å²) >= 11 is 0. The summed E-state index contributed by atoms with van der Waals surface area (Å²) in [6, 6.07) is 8.79. The van der Waals surface area contributed by atoms with Gasteiger partial charge in [0.25, 0.3) is 0 Å². The van der Waals surface area contributed by atoms with E-state index >= 15 is 0 Å². The lowest BCUT2D eigenvalue weighted by Gasteiger charge is -2.31. The van der Waals surface area contributed by atoms with Crippen molar-refractivity contribution in [1.82, 2.24) is 15.1 Å². The van der Waals surface area contributed by atoms with Crippen molar-refractivity contribution in [2.75, 3.05) is 6.54 Å². The predicted octanol–water partition coefficient (Wildman–Crippen LogP) is 3.06. The molecule has 1 atom stereocenters. The first kappa shape index (κ1) is 13.1. The molecule has 1 aromatic carbocycles. The Morgan fingerprint density at radius 1 is 1.28 bits per heavy atom. The van der Waals surface area contributed by atoms with Crippen molar-refractivity contribution in [3.63, 3.8) is 0 Å². The highest BCUT2D eigenvalue weighted by atomic mass is 15.3. The average molecular weight is 245 g/mol. The second-order valence-corrected chi connectivity index (χ2v) is 5.86. The SMILES string of the molecule is CCNC(Cn1ncc2ccccc21)C(C)(C)C. The monoisotopic (exact) mass is 245 g/mol. The first-order chi connectivity index (χ1) is 8.52. The van der Waals surface area contributed by atoms with Crippen molar-refractivity contribution in [3.05, 3.63) is 30.5 Å². The number of rotatable bonds is 4. The summed E-state index contributed by atoms with van der Waals surface area (Å²) in [5.41, 5.74) is 1.44. The van der Waals surface area contributed by atoms with E-state index in [0.717, 1.165) is 13.1 Å². The molecule has 0 fully saturated rings. The standard InChI is InChI=1S/C15H23N3/c1-5-16-14(15(2,3)4)11-18-13-9-7-6-8-12(13)10-17-18/h6-10,14,16H,5,11H2,1-4H3. The van der Waals surface area contributed by atoms with E-state index in [1.165, 1.54) is 10.9 Å². The van der Waals surface area contributed by atoms with Gasteiger partial charge >= 0.3 is 0 Å². The Morgan fingerprint density at radius 2 is 2.00 bits per heavy atom. The van der Waals surface area contributed by atoms with Crippen LogP contribution in [0.5, 0.6) is 0 Å². The topological polar surface area (TPSA) is 29.9 Å². The van der Waals surface area contributed by atoms with E-state index in [2.05, 4.69) is 67.1 Å². The highest BCUT2D eigenvalue weighted by Gasteiger charge is 2.24. The maximum Gasteiger partial charge on any atom is 0.0683 e. The second-order valence-electron chi connectivity index (χ2n) is 5.86. The Bertz CT molecular complexity index is 508. The van der Waals surface area contributed by atoms with Gasteiger partial charge in [-0.25, -0.2) is 0 Å². The van der Waals surface area contributed by atoms with Crippen LogP contribution in [-0.2, 0) is 6.54 Å². The molecular weight excluding hydrogens is 222 g/mol. The Morgan fingerprint density at radius 3 is 2.67 bits per heavy atom. The summed E-state index contributed by atoms with van der Waals surface area (Å²) in [6.45, 7) is 10.9. The molecule has 98 valence electrons. The van der Waals surface area contributed by atoms with Crippen LogP contribution in [0.25, 0.3) is 10.9 Å². The van der Waals surface area contributed by atoms with Crippen LogP contribution in [0.1, 0.15) is 27.7 Å². The summed E-state index contributed by atoms with van der Waals surface area (Å²) in [6.07, 6.45) is 1.95. The van der Waals surface area contributed by atoms with Gasteiger partial charge in [-0.15, -0.1) is 0 Å². The van der Waals surface area contributed by atoms with Gasteiger partial charge in [0.2, 0.25) is 0 Å². The van der Waals surface area contributed by atoms with Gasteiger partial charge in [0.15, 0.2) is 0 Å². The Labute approximate surface area is 109 Å². The number of aromatic nitrogens is 2. The van der Waals surface area contributed by atoms with Gasteiger partial charge in [0.1, 0.15) is 0 Å². The molecule has 1 unspecified atom stereocenters. The highest BCUT2D eigenvalue weighted by molar-refractivity contribution is 5.78. The molecule has 3 heteroatoms. The van der Waals surface area contributed by atoms with Crippen LogP contribution in [-0.4, -0.2) is 22.4 Å². The predicted molar refractivity (Wildman–Crippen MR) is 76.7 cm³/mol. The van der Waals surface area contributed by atoms with Crippen molar-refractivity contribution in [2.45, 2.75) is 40.3 Å². The lowest BCUT2D eigenvalue weighted by atomic mass is 9.86. The molecule has 0 radical (unpaired) electrons. The zero-order valence-electron chi connectivity index (χ0n) is 11.8. The largest absolute Gasteiger partial charge is 0.312 e. The maximum absolute atomic E-state index is 4.51. The quantitative estimate of drug-likeness (QED) is 0.897. The van der Waals surface area contributed by atoms with E-state index in [-0.39, 0.29) is 5.41 Å². The number of hydrogen-bond acceptors (Lipinski definition) is 2. The van der Waals surface area contributed by atoms with Gasteiger partial charge in [-0.2, -0.15) is 5.10 Å². The number of para-hydroxylation sites is 1. The first-order valence-electron chi connectivity index (χ1n) is 6.66. The van der Waals surface area contributed by atoms with E-state index in [1.54, 1.807) is 0 Å². The molecule has 0 spiro atoms. The Hall–Kier alpha value is -1.35. The third-order valence-electron chi connectivity index (χ3n) is 3.40. The summed E-state index contributed by atoms with van der Waals surface area (Å²) in [7, 11) is 0. The van der Waals surface area contributed by atoms with Crippen LogP contribution in [0, 0.1) is 5.41 Å². The summed E-state index contributed by atoms with van der Waals surface area (Å²) in [5, 5.41) is 9.28. The van der Waals surface area contributed by atoms with Crippen LogP contribution >= 0.6 is 0 Å². The van der Waals surface area contributed by atoms with Crippen LogP contribution < -0.4 is 5.32 Å². The lowest BCUT2D eigenvalue weighted by Crippen LogP contribution is -2.43. The van der Waals surface area contributed by atoms with Gasteiger partial charge in [0.05, 0.1) is 18.3 Å². The molecule has 1 N–H and O–H groups in total. The molecule has 0 aliphatic carbocycles. The molecule has 2 rings (SSSR count). The van der Waals surface area contributed by atoms with Crippen LogP contribution in [0.2, 0.25) is 0 Å². The molecular formula is C15H23N3. The van der Waals surface area contributed by atoms with Crippen molar-refractivity contribution >= 4 is 10.9 Å². The van der Waals surface area contributed by atoms with Gasteiger partial charge < -0.3 is 5.32 Å². The number of nitrogens with zero attached hydrogens (tertiary/aromatic N) is 2. The molecule has 0 saturated heterocycles. The van der Waals surface area contributed by atoms with E-state index in [0.29, 0.717) is 6.04 Å². The number of likely N-dealkylation sites (N-methyl/N-ethyl adjacent to an activating group) is 1. The number of nitrogens with one attached hydrogen (secondary N) is 1. The summed E-state index contributed by atoms with van der Waals surface area (Å²) in [5.74, 6) is 0. The molecule has 1 heterocycles. The molecule has 0 saturated carbocycles. The minimum Gasteiger partial charge on any atom is -0.312 e. The number of fused-ring (bicyclic) bond motifs is 1. The molecule has 0 bridgehead atoms.